The minimum absolute atomic E-state index is 0.120. The number of nitrogens with zero attached hydrogens (tertiary/aromatic N) is 1. The summed E-state index contributed by atoms with van der Waals surface area (Å²) in [5, 5.41) is 0. The Labute approximate surface area is 116 Å². The highest BCUT2D eigenvalue weighted by Crippen LogP contribution is 2.31. The molecule has 0 fully saturated rings. The smallest absolute Gasteiger partial charge is 0.417 e. The Morgan fingerprint density at radius 1 is 1.16 bits per heavy atom. The Morgan fingerprint density at radius 3 is 2.47 bits per heavy atom. The number of ether oxygens (including phenoxy) is 1. The fourth-order valence-corrected chi connectivity index (χ4v) is 1.74. The fourth-order valence-electron chi connectivity index (χ4n) is 1.40. The van der Waals surface area contributed by atoms with E-state index in [0.717, 1.165) is 22.3 Å². The summed E-state index contributed by atoms with van der Waals surface area (Å²) in [7, 11) is 0. The third kappa shape index (κ3) is 3.47. The molecule has 2 rings (SSSR count). The Morgan fingerprint density at radius 2 is 1.89 bits per heavy atom. The first-order valence-electron chi connectivity index (χ1n) is 5.33. The van der Waals surface area contributed by atoms with Crippen LogP contribution in [0.5, 0.6) is 11.6 Å². The van der Waals surface area contributed by atoms with Crippen molar-refractivity contribution in [3.63, 3.8) is 0 Å². The second kappa shape index (κ2) is 5.21. The monoisotopic (exact) mass is 331 g/mol. The zero-order chi connectivity index (χ0) is 14.0. The molecule has 0 unspecified atom stereocenters. The van der Waals surface area contributed by atoms with Gasteiger partial charge in [-0.25, -0.2) is 4.98 Å². The van der Waals surface area contributed by atoms with Crippen LogP contribution < -0.4 is 4.74 Å². The molecule has 2 aromatic rings. The summed E-state index contributed by atoms with van der Waals surface area (Å²) in [4.78, 5) is 3.65. The second-order valence-corrected chi connectivity index (χ2v) is 4.81. The van der Waals surface area contributed by atoms with E-state index in [4.69, 9.17) is 4.74 Å². The zero-order valence-electron chi connectivity index (χ0n) is 9.83. The van der Waals surface area contributed by atoms with E-state index in [-0.39, 0.29) is 5.88 Å². The zero-order valence-corrected chi connectivity index (χ0v) is 11.4. The van der Waals surface area contributed by atoms with Crippen molar-refractivity contribution in [1.29, 1.82) is 0 Å². The summed E-state index contributed by atoms with van der Waals surface area (Å²) in [6.45, 7) is 1.84. The van der Waals surface area contributed by atoms with Gasteiger partial charge in [0.05, 0.1) is 5.56 Å². The second-order valence-electron chi connectivity index (χ2n) is 3.89. The maximum Gasteiger partial charge on any atom is 0.417 e. The molecule has 0 N–H and O–H groups in total. The largest absolute Gasteiger partial charge is 0.439 e. The Balaban J connectivity index is 2.22. The van der Waals surface area contributed by atoms with Crippen molar-refractivity contribution in [2.45, 2.75) is 13.1 Å². The SMILES string of the molecule is Cc1ccc(Br)cc1Oc1ccc(C(F)(F)F)cn1. The van der Waals surface area contributed by atoms with Crippen LogP contribution in [0.2, 0.25) is 0 Å². The van der Waals surface area contributed by atoms with Gasteiger partial charge >= 0.3 is 6.18 Å². The lowest BCUT2D eigenvalue weighted by Gasteiger charge is -2.10. The lowest BCUT2D eigenvalue weighted by Crippen LogP contribution is -2.05. The molecule has 0 aliphatic heterocycles. The van der Waals surface area contributed by atoms with Crippen LogP contribution in [0.25, 0.3) is 0 Å². The first-order valence-corrected chi connectivity index (χ1v) is 6.13. The van der Waals surface area contributed by atoms with Crippen molar-refractivity contribution in [3.05, 3.63) is 52.1 Å². The third-order valence-corrected chi connectivity index (χ3v) is 2.92. The molecule has 0 aliphatic carbocycles. The molecule has 1 aromatic carbocycles. The minimum atomic E-state index is -4.39. The van der Waals surface area contributed by atoms with Crippen LogP contribution in [-0.4, -0.2) is 4.98 Å². The summed E-state index contributed by atoms with van der Waals surface area (Å²) in [5.74, 6) is 0.663. The predicted octanol–water partition coefficient (Wildman–Crippen LogP) is 4.96. The predicted molar refractivity (Wildman–Crippen MR) is 68.2 cm³/mol. The molecule has 100 valence electrons. The standard InChI is InChI=1S/C13H9BrF3NO/c1-8-2-4-10(14)6-11(8)19-12-5-3-9(7-18-12)13(15,16)17/h2-7H,1H3. The maximum atomic E-state index is 12.4. The van der Waals surface area contributed by atoms with Gasteiger partial charge in [-0.15, -0.1) is 0 Å². The van der Waals surface area contributed by atoms with Gasteiger partial charge in [0.2, 0.25) is 5.88 Å². The third-order valence-electron chi connectivity index (χ3n) is 2.43. The highest BCUT2D eigenvalue weighted by Gasteiger charge is 2.30. The van der Waals surface area contributed by atoms with E-state index >= 15 is 0 Å². The molecule has 2 nitrogen and oxygen atoms in total. The number of alkyl halides is 3. The van der Waals surface area contributed by atoms with Gasteiger partial charge in [0.1, 0.15) is 5.75 Å². The van der Waals surface area contributed by atoms with E-state index in [0.29, 0.717) is 5.75 Å². The van der Waals surface area contributed by atoms with Gasteiger partial charge in [0.25, 0.3) is 0 Å². The quantitative estimate of drug-likeness (QED) is 0.775. The van der Waals surface area contributed by atoms with Gasteiger partial charge in [-0.3, -0.25) is 0 Å². The van der Waals surface area contributed by atoms with Crippen molar-refractivity contribution < 1.29 is 17.9 Å². The molecule has 1 heterocycles. The number of halogens is 4. The van der Waals surface area contributed by atoms with E-state index in [2.05, 4.69) is 20.9 Å². The lowest BCUT2D eigenvalue weighted by molar-refractivity contribution is -0.137. The molecule has 0 saturated carbocycles. The van der Waals surface area contributed by atoms with E-state index < -0.39 is 11.7 Å². The van der Waals surface area contributed by atoms with Crippen LogP contribution in [0.1, 0.15) is 11.1 Å². The van der Waals surface area contributed by atoms with Gasteiger partial charge in [-0.05, 0) is 30.7 Å². The molecular formula is C13H9BrF3NO. The molecule has 0 amide bonds. The summed E-state index contributed by atoms with van der Waals surface area (Å²) in [6.07, 6.45) is -3.64. The van der Waals surface area contributed by atoms with Gasteiger partial charge in [-0.2, -0.15) is 13.2 Å². The van der Waals surface area contributed by atoms with Gasteiger partial charge in [0.15, 0.2) is 0 Å². The molecule has 0 bridgehead atoms. The topological polar surface area (TPSA) is 22.1 Å². The minimum Gasteiger partial charge on any atom is -0.439 e. The molecule has 0 saturated heterocycles. The molecule has 0 aliphatic rings. The Kier molecular flexibility index (Phi) is 3.80. The van der Waals surface area contributed by atoms with Crippen molar-refractivity contribution in [3.8, 4) is 11.6 Å². The summed E-state index contributed by atoms with van der Waals surface area (Å²) in [6, 6.07) is 7.55. The number of rotatable bonds is 2. The number of pyridine rings is 1. The van der Waals surface area contributed by atoms with Crippen LogP contribution in [0.3, 0.4) is 0 Å². The van der Waals surface area contributed by atoms with Crippen molar-refractivity contribution in [2.24, 2.45) is 0 Å². The molecular weight excluding hydrogens is 323 g/mol. The molecule has 1 aromatic heterocycles. The number of aryl methyl sites for hydroxylation is 1. The van der Waals surface area contributed by atoms with Crippen LogP contribution in [0, 0.1) is 6.92 Å². The summed E-state index contributed by atoms with van der Waals surface area (Å²) in [5.41, 5.74) is 0.0655. The normalized spacial score (nSPS) is 11.4. The van der Waals surface area contributed by atoms with Crippen molar-refractivity contribution >= 4 is 15.9 Å². The Bertz CT molecular complexity index is 581. The van der Waals surface area contributed by atoms with Gasteiger partial charge in [-0.1, -0.05) is 22.0 Å². The average Bonchev–Trinajstić information content (AvgIpc) is 2.33. The number of aromatic nitrogens is 1. The van der Waals surface area contributed by atoms with Crippen LogP contribution in [0.4, 0.5) is 13.2 Å². The maximum absolute atomic E-state index is 12.4. The van der Waals surface area contributed by atoms with Crippen LogP contribution in [-0.2, 0) is 6.18 Å². The highest BCUT2D eigenvalue weighted by molar-refractivity contribution is 9.10. The van der Waals surface area contributed by atoms with Crippen LogP contribution >= 0.6 is 15.9 Å². The molecule has 0 atom stereocenters. The number of benzene rings is 1. The first-order chi connectivity index (χ1) is 8.86. The fraction of sp³-hybridized carbons (Fsp3) is 0.154. The molecule has 6 heteroatoms. The van der Waals surface area contributed by atoms with Crippen molar-refractivity contribution in [2.75, 3.05) is 0 Å². The summed E-state index contributed by atoms with van der Waals surface area (Å²) >= 11 is 3.30. The number of hydrogen-bond acceptors (Lipinski definition) is 2. The van der Waals surface area contributed by atoms with Crippen molar-refractivity contribution in [1.82, 2.24) is 4.98 Å². The number of hydrogen-bond donors (Lipinski definition) is 0. The lowest BCUT2D eigenvalue weighted by atomic mass is 10.2. The van der Waals surface area contributed by atoms with E-state index in [1.165, 1.54) is 6.07 Å². The summed E-state index contributed by atoms with van der Waals surface area (Å²) < 4.78 is 43.4. The highest BCUT2D eigenvalue weighted by atomic mass is 79.9. The van der Waals surface area contributed by atoms with E-state index in [9.17, 15) is 13.2 Å². The first kappa shape index (κ1) is 13.9. The molecule has 0 radical (unpaired) electrons. The average molecular weight is 332 g/mol. The van der Waals surface area contributed by atoms with Gasteiger partial charge in [0, 0.05) is 16.7 Å². The molecule has 0 spiro atoms. The van der Waals surface area contributed by atoms with E-state index in [1.54, 1.807) is 6.07 Å². The van der Waals surface area contributed by atoms with Crippen LogP contribution in [0.15, 0.2) is 41.0 Å². The van der Waals surface area contributed by atoms with Gasteiger partial charge < -0.3 is 4.74 Å². The molecule has 19 heavy (non-hydrogen) atoms. The van der Waals surface area contributed by atoms with E-state index in [1.807, 2.05) is 19.1 Å². The Hall–Kier alpha value is -1.56.